The third-order valence-electron chi connectivity index (χ3n) is 4.63. The third-order valence-corrected chi connectivity index (χ3v) is 4.63. The fourth-order valence-electron chi connectivity index (χ4n) is 3.21. The molecule has 158 valence electrons. The number of carbonyl (C=O) groups is 1. The summed E-state index contributed by atoms with van der Waals surface area (Å²) in [6.45, 7) is 3.68. The van der Waals surface area contributed by atoms with Crippen LogP contribution in [-0.2, 0) is 11.2 Å². The minimum atomic E-state index is -4.65. The first kappa shape index (κ1) is 22.9. The quantitative estimate of drug-likeness (QED) is 0.618. The van der Waals surface area contributed by atoms with Gasteiger partial charge in [0.1, 0.15) is 0 Å². The number of rotatable bonds is 8. The van der Waals surface area contributed by atoms with Crippen LogP contribution < -0.4 is 11.1 Å². The lowest BCUT2D eigenvalue weighted by molar-refractivity contribution is -0.163. The number of amides is 1. The number of aliphatic hydroxyl groups is 1. The summed E-state index contributed by atoms with van der Waals surface area (Å²) >= 11 is 0. The van der Waals surface area contributed by atoms with Crippen LogP contribution in [0.25, 0.3) is 11.1 Å². The molecule has 0 aliphatic heterocycles. The van der Waals surface area contributed by atoms with Gasteiger partial charge in [-0.15, -0.1) is 0 Å². The van der Waals surface area contributed by atoms with E-state index in [4.69, 9.17) is 5.73 Å². The average Bonchev–Trinajstić information content (AvgIpc) is 2.65. The standard InChI is InChI=1S/C22H27F3N2O2/c1-14(2)13-19(26)21(29)27-20(22(23,24)25)17-9-7-16(8-10-17)18-6-4-3-5-15(18)11-12-28/h3-10,14,19-20,28H,11-13,26H2,1-2H3,(H,27,29)/t19-,20-/m0/s1. The number of hydrogen-bond acceptors (Lipinski definition) is 3. The Morgan fingerprint density at radius 2 is 1.72 bits per heavy atom. The Kier molecular flexibility index (Phi) is 7.81. The second-order valence-corrected chi connectivity index (χ2v) is 7.47. The highest BCUT2D eigenvalue weighted by Crippen LogP contribution is 2.34. The zero-order valence-corrected chi connectivity index (χ0v) is 16.5. The Labute approximate surface area is 168 Å². The number of nitrogens with two attached hydrogens (primary N) is 1. The summed E-state index contributed by atoms with van der Waals surface area (Å²) in [4.78, 5) is 12.2. The van der Waals surface area contributed by atoms with E-state index in [0.717, 1.165) is 16.7 Å². The van der Waals surface area contributed by atoms with Gasteiger partial charge in [-0.05, 0) is 41.0 Å². The van der Waals surface area contributed by atoms with Gasteiger partial charge in [0.2, 0.25) is 5.91 Å². The lowest BCUT2D eigenvalue weighted by Crippen LogP contribution is -2.46. The maximum atomic E-state index is 13.6. The molecule has 0 fully saturated rings. The van der Waals surface area contributed by atoms with Crippen molar-refractivity contribution in [2.45, 2.75) is 44.9 Å². The third kappa shape index (κ3) is 6.30. The second kappa shape index (κ2) is 9.89. The molecule has 2 aromatic carbocycles. The van der Waals surface area contributed by atoms with Crippen LogP contribution >= 0.6 is 0 Å². The molecule has 2 atom stereocenters. The predicted octanol–water partition coefficient (Wildman–Crippen LogP) is 3.98. The van der Waals surface area contributed by atoms with Crippen molar-refractivity contribution < 1.29 is 23.1 Å². The van der Waals surface area contributed by atoms with Crippen molar-refractivity contribution in [2.75, 3.05) is 6.61 Å². The van der Waals surface area contributed by atoms with E-state index < -0.39 is 24.2 Å². The Hall–Kier alpha value is -2.38. The highest BCUT2D eigenvalue weighted by atomic mass is 19.4. The van der Waals surface area contributed by atoms with E-state index in [1.54, 1.807) is 12.1 Å². The molecule has 0 spiro atoms. The van der Waals surface area contributed by atoms with Crippen LogP contribution in [0.2, 0.25) is 0 Å². The fourth-order valence-corrected chi connectivity index (χ4v) is 3.21. The van der Waals surface area contributed by atoms with Crippen LogP contribution in [0.1, 0.15) is 37.4 Å². The van der Waals surface area contributed by atoms with Gasteiger partial charge in [-0.25, -0.2) is 0 Å². The highest BCUT2D eigenvalue weighted by Gasteiger charge is 2.42. The van der Waals surface area contributed by atoms with Crippen LogP contribution in [-0.4, -0.2) is 29.8 Å². The fraction of sp³-hybridized carbons (Fsp3) is 0.409. The number of aliphatic hydroxyl groups excluding tert-OH is 1. The van der Waals surface area contributed by atoms with Crippen LogP contribution in [0.15, 0.2) is 48.5 Å². The van der Waals surface area contributed by atoms with Crippen LogP contribution in [0, 0.1) is 5.92 Å². The highest BCUT2D eigenvalue weighted by molar-refractivity contribution is 5.82. The molecule has 0 unspecified atom stereocenters. The predicted molar refractivity (Wildman–Crippen MR) is 107 cm³/mol. The van der Waals surface area contributed by atoms with Gasteiger partial charge < -0.3 is 16.2 Å². The van der Waals surface area contributed by atoms with Crippen molar-refractivity contribution in [3.63, 3.8) is 0 Å². The van der Waals surface area contributed by atoms with Crippen LogP contribution in [0.3, 0.4) is 0 Å². The maximum absolute atomic E-state index is 13.6. The summed E-state index contributed by atoms with van der Waals surface area (Å²) in [5.74, 6) is -0.725. The molecule has 0 saturated heterocycles. The Balaban J connectivity index is 2.27. The molecule has 4 N–H and O–H groups in total. The topological polar surface area (TPSA) is 75.4 Å². The number of carbonyl (C=O) groups excluding carboxylic acids is 1. The summed E-state index contributed by atoms with van der Waals surface area (Å²) in [5, 5.41) is 11.3. The maximum Gasteiger partial charge on any atom is 0.412 e. The minimum absolute atomic E-state index is 0.0199. The smallest absolute Gasteiger partial charge is 0.396 e. The summed E-state index contributed by atoms with van der Waals surface area (Å²) in [6, 6.07) is 10.2. The molecule has 0 aliphatic carbocycles. The Bertz CT molecular complexity index is 804. The molecule has 2 aromatic rings. The van der Waals surface area contributed by atoms with Gasteiger partial charge in [-0.3, -0.25) is 4.79 Å². The largest absolute Gasteiger partial charge is 0.412 e. The van der Waals surface area contributed by atoms with E-state index in [-0.39, 0.29) is 18.1 Å². The summed E-state index contributed by atoms with van der Waals surface area (Å²) in [6.07, 6.45) is -3.90. The Morgan fingerprint density at radius 3 is 2.28 bits per heavy atom. The van der Waals surface area contributed by atoms with E-state index in [2.05, 4.69) is 0 Å². The Morgan fingerprint density at radius 1 is 1.10 bits per heavy atom. The number of benzene rings is 2. The molecule has 0 saturated carbocycles. The SMILES string of the molecule is CC(C)C[C@H](N)C(=O)N[C@@H](c1ccc(-c2ccccc2CCO)cc1)C(F)(F)F. The van der Waals surface area contributed by atoms with Crippen LogP contribution in [0.5, 0.6) is 0 Å². The normalized spacial score (nSPS) is 13.9. The number of halogens is 3. The first-order valence-corrected chi connectivity index (χ1v) is 9.55. The van der Waals surface area contributed by atoms with E-state index in [1.807, 2.05) is 43.4 Å². The molecule has 29 heavy (non-hydrogen) atoms. The summed E-state index contributed by atoms with van der Waals surface area (Å²) in [5.41, 5.74) is 8.16. The molecule has 0 bridgehead atoms. The van der Waals surface area contributed by atoms with Crippen molar-refractivity contribution in [1.29, 1.82) is 0 Å². The first-order chi connectivity index (χ1) is 13.6. The average molecular weight is 408 g/mol. The molecule has 7 heteroatoms. The van der Waals surface area contributed by atoms with E-state index in [1.165, 1.54) is 12.1 Å². The number of alkyl halides is 3. The summed E-state index contributed by atoms with van der Waals surface area (Å²) < 4.78 is 40.8. The zero-order chi connectivity index (χ0) is 21.6. The molecule has 0 aromatic heterocycles. The van der Waals surface area contributed by atoms with Crippen molar-refractivity contribution >= 4 is 5.91 Å². The van der Waals surface area contributed by atoms with Gasteiger partial charge in [-0.1, -0.05) is 62.4 Å². The minimum Gasteiger partial charge on any atom is -0.396 e. The van der Waals surface area contributed by atoms with Crippen molar-refractivity contribution in [2.24, 2.45) is 11.7 Å². The molecular weight excluding hydrogens is 381 g/mol. The lowest BCUT2D eigenvalue weighted by atomic mass is 9.95. The van der Waals surface area contributed by atoms with Gasteiger partial charge in [0.15, 0.2) is 6.04 Å². The van der Waals surface area contributed by atoms with Gasteiger partial charge in [0.05, 0.1) is 6.04 Å². The summed E-state index contributed by atoms with van der Waals surface area (Å²) in [7, 11) is 0. The van der Waals surface area contributed by atoms with E-state index in [9.17, 15) is 23.1 Å². The molecule has 0 heterocycles. The van der Waals surface area contributed by atoms with E-state index >= 15 is 0 Å². The van der Waals surface area contributed by atoms with Crippen molar-refractivity contribution in [3.05, 3.63) is 59.7 Å². The number of hydrogen-bond donors (Lipinski definition) is 3. The number of nitrogens with one attached hydrogen (secondary N) is 1. The zero-order valence-electron chi connectivity index (χ0n) is 16.5. The molecule has 2 rings (SSSR count). The first-order valence-electron chi connectivity index (χ1n) is 9.55. The molecule has 0 aliphatic rings. The van der Waals surface area contributed by atoms with Gasteiger partial charge in [-0.2, -0.15) is 13.2 Å². The van der Waals surface area contributed by atoms with Crippen LogP contribution in [0.4, 0.5) is 13.2 Å². The van der Waals surface area contributed by atoms with Gasteiger partial charge in [0.25, 0.3) is 0 Å². The van der Waals surface area contributed by atoms with Crippen molar-refractivity contribution in [3.8, 4) is 11.1 Å². The molecule has 0 radical (unpaired) electrons. The second-order valence-electron chi connectivity index (χ2n) is 7.47. The van der Waals surface area contributed by atoms with Gasteiger partial charge >= 0.3 is 6.18 Å². The van der Waals surface area contributed by atoms with Gasteiger partial charge in [0, 0.05) is 6.61 Å². The van der Waals surface area contributed by atoms with E-state index in [0.29, 0.717) is 12.8 Å². The molecule has 4 nitrogen and oxygen atoms in total. The lowest BCUT2D eigenvalue weighted by Gasteiger charge is -2.24. The molecule has 1 amide bonds. The molecular formula is C22H27F3N2O2. The monoisotopic (exact) mass is 408 g/mol. The van der Waals surface area contributed by atoms with Crippen molar-refractivity contribution in [1.82, 2.24) is 5.32 Å².